The number of hydrogen-bond donors (Lipinski definition) is 3. The number of nitrogens with one attached hydrogen (secondary N) is 3. The van der Waals surface area contributed by atoms with Gasteiger partial charge in [0.05, 0.1) is 13.7 Å². The first-order chi connectivity index (χ1) is 11.2. The Morgan fingerprint density at radius 2 is 2.00 bits per heavy atom. The lowest BCUT2D eigenvalue weighted by Crippen LogP contribution is -2.41. The molecule has 0 fully saturated rings. The van der Waals surface area contributed by atoms with Crippen molar-refractivity contribution in [3.63, 3.8) is 0 Å². The average molecular weight is 466 g/mol. The minimum atomic E-state index is -0.116. The molecule has 136 valence electrons. The van der Waals surface area contributed by atoms with Gasteiger partial charge in [-0.2, -0.15) is 11.8 Å². The quantitative estimate of drug-likeness (QED) is 0.225. The molecule has 0 radical (unpaired) electrons. The smallest absolute Gasteiger partial charge is 0.251 e. The summed E-state index contributed by atoms with van der Waals surface area (Å²) in [6.07, 6.45) is 2.06. The van der Waals surface area contributed by atoms with Gasteiger partial charge in [0.25, 0.3) is 5.91 Å². The fraction of sp³-hybridized carbons (Fsp3) is 0.500. The van der Waals surface area contributed by atoms with Gasteiger partial charge in [0, 0.05) is 31.0 Å². The SMILES string of the molecule is CCNC(=NCCSC)NCCNC(=O)c1cccc(OC)c1.I. The molecule has 0 bridgehead atoms. The lowest BCUT2D eigenvalue weighted by atomic mass is 10.2. The summed E-state index contributed by atoms with van der Waals surface area (Å²) in [5.74, 6) is 2.32. The van der Waals surface area contributed by atoms with Crippen LogP contribution in [0.4, 0.5) is 0 Å². The molecule has 1 aromatic carbocycles. The van der Waals surface area contributed by atoms with Gasteiger partial charge in [-0.1, -0.05) is 6.07 Å². The Bertz CT molecular complexity index is 515. The van der Waals surface area contributed by atoms with Gasteiger partial charge < -0.3 is 20.7 Å². The Balaban J connectivity index is 0.00000529. The van der Waals surface area contributed by atoms with Crippen LogP contribution in [0.25, 0.3) is 0 Å². The third kappa shape index (κ3) is 9.21. The molecular weight excluding hydrogens is 439 g/mol. The lowest BCUT2D eigenvalue weighted by Gasteiger charge is -2.12. The van der Waals surface area contributed by atoms with Crippen molar-refractivity contribution in [1.82, 2.24) is 16.0 Å². The first-order valence-corrected chi connectivity index (χ1v) is 9.04. The molecule has 0 aliphatic carbocycles. The predicted molar refractivity (Wildman–Crippen MR) is 113 cm³/mol. The third-order valence-electron chi connectivity index (χ3n) is 2.94. The maximum Gasteiger partial charge on any atom is 0.251 e. The number of hydrogen-bond acceptors (Lipinski definition) is 4. The summed E-state index contributed by atoms with van der Waals surface area (Å²) < 4.78 is 5.12. The molecule has 1 rings (SSSR count). The molecule has 3 N–H and O–H groups in total. The number of ether oxygens (including phenoxy) is 1. The molecule has 0 unspecified atom stereocenters. The fourth-order valence-corrected chi connectivity index (χ4v) is 2.09. The van der Waals surface area contributed by atoms with Crippen molar-refractivity contribution in [1.29, 1.82) is 0 Å². The normalized spacial score (nSPS) is 10.5. The van der Waals surface area contributed by atoms with Crippen LogP contribution in [-0.4, -0.2) is 57.2 Å². The number of amides is 1. The average Bonchev–Trinajstić information content (AvgIpc) is 2.58. The van der Waals surface area contributed by atoms with Crippen molar-refractivity contribution < 1.29 is 9.53 Å². The molecule has 0 saturated carbocycles. The summed E-state index contributed by atoms with van der Waals surface area (Å²) in [4.78, 5) is 16.5. The lowest BCUT2D eigenvalue weighted by molar-refractivity contribution is 0.0954. The molecular formula is C16H27IN4O2S. The minimum Gasteiger partial charge on any atom is -0.497 e. The minimum absolute atomic E-state index is 0. The standard InChI is InChI=1S/C16H26N4O2S.HI/c1-4-17-16(20-10-11-23-3)19-9-8-18-15(21)13-6-5-7-14(12-13)22-2;/h5-7,12H,4,8-11H2,1-3H3,(H,18,21)(H2,17,19,20);1H. The van der Waals surface area contributed by atoms with Crippen molar-refractivity contribution in [2.45, 2.75) is 6.92 Å². The number of benzene rings is 1. The van der Waals surface area contributed by atoms with Gasteiger partial charge in [-0.25, -0.2) is 0 Å². The highest BCUT2D eigenvalue weighted by Crippen LogP contribution is 2.12. The highest BCUT2D eigenvalue weighted by molar-refractivity contribution is 14.0. The number of thioether (sulfide) groups is 1. The van der Waals surface area contributed by atoms with Crippen molar-refractivity contribution >= 4 is 47.6 Å². The number of halogens is 1. The summed E-state index contributed by atoms with van der Waals surface area (Å²) in [6.45, 7) is 4.73. The number of carbonyl (C=O) groups excluding carboxylic acids is 1. The third-order valence-corrected chi connectivity index (χ3v) is 3.54. The molecule has 8 heteroatoms. The van der Waals surface area contributed by atoms with E-state index in [0.29, 0.717) is 24.4 Å². The van der Waals surface area contributed by atoms with Gasteiger partial charge in [0.15, 0.2) is 5.96 Å². The van der Waals surface area contributed by atoms with Crippen LogP contribution < -0.4 is 20.7 Å². The van der Waals surface area contributed by atoms with Crippen molar-refractivity contribution in [2.24, 2.45) is 4.99 Å². The van der Waals surface area contributed by atoms with Gasteiger partial charge in [-0.3, -0.25) is 9.79 Å². The summed E-state index contributed by atoms with van der Waals surface area (Å²) in [5, 5.41) is 9.25. The molecule has 1 amide bonds. The van der Waals surface area contributed by atoms with Crippen LogP contribution in [0, 0.1) is 0 Å². The number of aliphatic imine (C=N–C) groups is 1. The monoisotopic (exact) mass is 466 g/mol. The number of guanidine groups is 1. The Labute approximate surface area is 165 Å². The molecule has 0 heterocycles. The number of rotatable bonds is 9. The predicted octanol–water partition coefficient (Wildman–Crippen LogP) is 1.96. The van der Waals surface area contributed by atoms with Crippen LogP contribution in [0.2, 0.25) is 0 Å². The van der Waals surface area contributed by atoms with Crippen LogP contribution in [-0.2, 0) is 0 Å². The van der Waals surface area contributed by atoms with E-state index in [2.05, 4.69) is 27.2 Å². The second kappa shape index (κ2) is 14.2. The zero-order valence-corrected chi connectivity index (χ0v) is 17.6. The van der Waals surface area contributed by atoms with E-state index in [9.17, 15) is 4.79 Å². The van der Waals surface area contributed by atoms with Gasteiger partial charge >= 0.3 is 0 Å². The Kier molecular flexibility index (Phi) is 13.5. The molecule has 1 aromatic rings. The summed E-state index contributed by atoms with van der Waals surface area (Å²) in [6, 6.07) is 7.09. The topological polar surface area (TPSA) is 74.8 Å². The molecule has 24 heavy (non-hydrogen) atoms. The van der Waals surface area contributed by atoms with Crippen LogP contribution in [0.1, 0.15) is 17.3 Å². The largest absolute Gasteiger partial charge is 0.497 e. The van der Waals surface area contributed by atoms with E-state index in [0.717, 1.165) is 24.8 Å². The second-order valence-corrected chi connectivity index (χ2v) is 5.65. The Morgan fingerprint density at radius 1 is 1.25 bits per heavy atom. The van der Waals surface area contributed by atoms with E-state index < -0.39 is 0 Å². The molecule has 0 aliphatic heterocycles. The van der Waals surface area contributed by atoms with Gasteiger partial charge in [-0.05, 0) is 31.4 Å². The van der Waals surface area contributed by atoms with E-state index in [1.807, 2.05) is 13.0 Å². The summed E-state index contributed by atoms with van der Waals surface area (Å²) >= 11 is 1.76. The van der Waals surface area contributed by atoms with Gasteiger partial charge in [0.2, 0.25) is 0 Å². The van der Waals surface area contributed by atoms with E-state index in [1.165, 1.54) is 0 Å². The second-order valence-electron chi connectivity index (χ2n) is 4.67. The maximum absolute atomic E-state index is 12.1. The molecule has 0 aromatic heterocycles. The number of nitrogens with zero attached hydrogens (tertiary/aromatic N) is 1. The van der Waals surface area contributed by atoms with Gasteiger partial charge in [-0.15, -0.1) is 24.0 Å². The zero-order chi connectivity index (χ0) is 16.9. The Hall–Kier alpha value is -1.16. The van der Waals surface area contributed by atoms with Crippen molar-refractivity contribution in [2.75, 3.05) is 45.3 Å². The number of methoxy groups -OCH3 is 1. The highest BCUT2D eigenvalue weighted by Gasteiger charge is 2.05. The highest BCUT2D eigenvalue weighted by atomic mass is 127. The van der Waals surface area contributed by atoms with E-state index in [4.69, 9.17) is 4.74 Å². The summed E-state index contributed by atoms with van der Waals surface area (Å²) in [5.41, 5.74) is 0.588. The summed E-state index contributed by atoms with van der Waals surface area (Å²) in [7, 11) is 1.58. The van der Waals surface area contributed by atoms with Crippen molar-refractivity contribution in [3.05, 3.63) is 29.8 Å². The maximum atomic E-state index is 12.1. The van der Waals surface area contributed by atoms with E-state index in [-0.39, 0.29) is 29.9 Å². The molecule has 6 nitrogen and oxygen atoms in total. The van der Waals surface area contributed by atoms with Gasteiger partial charge in [0.1, 0.15) is 5.75 Å². The molecule has 0 atom stereocenters. The van der Waals surface area contributed by atoms with Crippen LogP contribution in [0.15, 0.2) is 29.3 Å². The fourth-order valence-electron chi connectivity index (χ4n) is 1.81. The van der Waals surface area contributed by atoms with Crippen LogP contribution in [0.5, 0.6) is 5.75 Å². The van der Waals surface area contributed by atoms with Crippen LogP contribution >= 0.6 is 35.7 Å². The first kappa shape index (κ1) is 22.8. The van der Waals surface area contributed by atoms with E-state index in [1.54, 1.807) is 37.1 Å². The molecule has 0 spiro atoms. The number of carbonyl (C=O) groups is 1. The molecule has 0 aliphatic rings. The zero-order valence-electron chi connectivity index (χ0n) is 14.4. The van der Waals surface area contributed by atoms with Crippen molar-refractivity contribution in [3.8, 4) is 5.75 Å². The van der Waals surface area contributed by atoms with E-state index >= 15 is 0 Å². The first-order valence-electron chi connectivity index (χ1n) is 7.64. The molecule has 0 saturated heterocycles. The Morgan fingerprint density at radius 3 is 2.67 bits per heavy atom. The van der Waals surface area contributed by atoms with Crippen LogP contribution in [0.3, 0.4) is 0 Å².